The highest BCUT2D eigenvalue weighted by Crippen LogP contribution is 2.38. The molecule has 0 amide bonds. The van der Waals surface area contributed by atoms with Crippen molar-refractivity contribution in [2.45, 2.75) is 6.04 Å². The van der Waals surface area contributed by atoms with Gasteiger partial charge in [0, 0.05) is 0 Å². The highest BCUT2D eigenvalue weighted by molar-refractivity contribution is 5.53. The van der Waals surface area contributed by atoms with Crippen molar-refractivity contribution in [2.24, 2.45) is 5.73 Å². The van der Waals surface area contributed by atoms with Crippen LogP contribution in [0.1, 0.15) is 11.6 Å². The third kappa shape index (κ3) is 2.30. The summed E-state index contributed by atoms with van der Waals surface area (Å²) in [6.07, 6.45) is 0. The first-order valence-corrected chi connectivity index (χ1v) is 4.40. The summed E-state index contributed by atoms with van der Waals surface area (Å²) >= 11 is 0. The minimum Gasteiger partial charge on any atom is -0.502 e. The summed E-state index contributed by atoms with van der Waals surface area (Å²) < 4.78 is 22.2. The molecule has 0 bridgehead atoms. The molecule has 1 aromatic carbocycles. The lowest BCUT2D eigenvalue weighted by Crippen LogP contribution is -2.12. The topological polar surface area (TPSA) is 64.7 Å². The Morgan fingerprint density at radius 3 is 2.13 bits per heavy atom. The van der Waals surface area contributed by atoms with Gasteiger partial charge in [-0.15, -0.1) is 0 Å². The Hall–Kier alpha value is -1.49. The van der Waals surface area contributed by atoms with E-state index in [1.54, 1.807) is 0 Å². The molecule has 0 saturated heterocycles. The van der Waals surface area contributed by atoms with E-state index in [1.165, 1.54) is 26.4 Å². The van der Waals surface area contributed by atoms with Crippen LogP contribution in [-0.4, -0.2) is 26.0 Å². The summed E-state index contributed by atoms with van der Waals surface area (Å²) in [5.74, 6) is 0.316. The zero-order chi connectivity index (χ0) is 11.4. The lowest BCUT2D eigenvalue weighted by atomic mass is 10.1. The van der Waals surface area contributed by atoms with Crippen LogP contribution in [0.2, 0.25) is 0 Å². The zero-order valence-electron chi connectivity index (χ0n) is 8.66. The van der Waals surface area contributed by atoms with Crippen LogP contribution in [0.15, 0.2) is 12.1 Å². The Labute approximate surface area is 87.4 Å². The molecule has 5 heteroatoms. The molecule has 0 saturated carbocycles. The number of nitrogens with two attached hydrogens (primary N) is 1. The van der Waals surface area contributed by atoms with E-state index in [0.717, 1.165) is 0 Å². The molecule has 4 nitrogen and oxygen atoms in total. The molecule has 1 aromatic rings. The highest BCUT2D eigenvalue weighted by atomic mass is 19.1. The average Bonchev–Trinajstić information content (AvgIpc) is 2.28. The maximum Gasteiger partial charge on any atom is 0.200 e. The van der Waals surface area contributed by atoms with Crippen molar-refractivity contribution < 1.29 is 19.0 Å². The van der Waals surface area contributed by atoms with Gasteiger partial charge in [0.1, 0.15) is 6.67 Å². The van der Waals surface area contributed by atoms with Crippen molar-refractivity contribution in [1.82, 2.24) is 0 Å². The minimum absolute atomic E-state index is 0.116. The number of halogens is 1. The van der Waals surface area contributed by atoms with Gasteiger partial charge in [-0.25, -0.2) is 4.39 Å². The third-order valence-electron chi connectivity index (χ3n) is 2.10. The summed E-state index contributed by atoms with van der Waals surface area (Å²) in [6, 6.07) is 2.23. The normalized spacial score (nSPS) is 12.3. The molecule has 0 aromatic heterocycles. The molecule has 0 fully saturated rings. The van der Waals surface area contributed by atoms with E-state index in [1.807, 2.05) is 0 Å². The van der Waals surface area contributed by atoms with Crippen LogP contribution >= 0.6 is 0 Å². The molecule has 1 atom stereocenters. The van der Waals surface area contributed by atoms with Crippen LogP contribution in [-0.2, 0) is 0 Å². The van der Waals surface area contributed by atoms with Gasteiger partial charge in [0.05, 0.1) is 20.3 Å². The largest absolute Gasteiger partial charge is 0.502 e. The summed E-state index contributed by atoms with van der Waals surface area (Å²) in [5.41, 5.74) is 6.04. The second kappa shape index (κ2) is 4.84. The molecular formula is C10H14FNO3. The fourth-order valence-corrected chi connectivity index (χ4v) is 1.22. The Bertz CT molecular complexity index is 318. The lowest BCUT2D eigenvalue weighted by Gasteiger charge is -2.13. The van der Waals surface area contributed by atoms with Crippen molar-refractivity contribution in [1.29, 1.82) is 0 Å². The quantitative estimate of drug-likeness (QED) is 0.796. The van der Waals surface area contributed by atoms with Crippen LogP contribution < -0.4 is 15.2 Å². The summed E-state index contributed by atoms with van der Waals surface area (Å²) in [6.45, 7) is -0.683. The molecular weight excluding hydrogens is 201 g/mol. The first-order valence-electron chi connectivity index (χ1n) is 4.40. The number of rotatable bonds is 4. The number of methoxy groups -OCH3 is 2. The van der Waals surface area contributed by atoms with E-state index in [0.29, 0.717) is 5.56 Å². The van der Waals surface area contributed by atoms with Crippen molar-refractivity contribution in [3.8, 4) is 17.2 Å². The Balaban J connectivity index is 3.20. The number of phenols is 1. The van der Waals surface area contributed by atoms with Crippen LogP contribution in [0.4, 0.5) is 4.39 Å². The molecule has 3 N–H and O–H groups in total. The maximum atomic E-state index is 12.4. The van der Waals surface area contributed by atoms with Crippen molar-refractivity contribution in [3.05, 3.63) is 17.7 Å². The monoisotopic (exact) mass is 215 g/mol. The van der Waals surface area contributed by atoms with Gasteiger partial charge in [-0.3, -0.25) is 0 Å². The van der Waals surface area contributed by atoms with E-state index in [4.69, 9.17) is 15.2 Å². The maximum absolute atomic E-state index is 12.4. The minimum atomic E-state index is -0.742. The fourth-order valence-electron chi connectivity index (χ4n) is 1.22. The molecule has 0 aliphatic heterocycles. The van der Waals surface area contributed by atoms with E-state index in [2.05, 4.69) is 0 Å². The predicted octanol–water partition coefficient (Wildman–Crippen LogP) is 1.38. The fraction of sp³-hybridized carbons (Fsp3) is 0.400. The summed E-state index contributed by atoms with van der Waals surface area (Å²) in [4.78, 5) is 0. The SMILES string of the molecule is COc1cc([C@@H](N)CF)cc(OC)c1O. The number of aromatic hydroxyl groups is 1. The van der Waals surface area contributed by atoms with Gasteiger partial charge in [-0.05, 0) is 17.7 Å². The second-order valence-corrected chi connectivity index (χ2v) is 3.03. The van der Waals surface area contributed by atoms with E-state index in [-0.39, 0.29) is 17.2 Å². The standard InChI is InChI=1S/C10H14FNO3/c1-14-8-3-6(7(12)5-11)4-9(15-2)10(8)13/h3-4,7,13H,5,12H2,1-2H3/t7-/m0/s1. The first-order chi connectivity index (χ1) is 7.13. The molecule has 84 valence electrons. The smallest absolute Gasteiger partial charge is 0.200 e. The second-order valence-electron chi connectivity index (χ2n) is 3.03. The molecule has 0 heterocycles. The molecule has 1 rings (SSSR count). The van der Waals surface area contributed by atoms with Gasteiger partial charge >= 0.3 is 0 Å². The van der Waals surface area contributed by atoms with Crippen molar-refractivity contribution in [2.75, 3.05) is 20.9 Å². The molecule has 0 unspecified atom stereocenters. The number of ether oxygens (including phenoxy) is 2. The molecule has 15 heavy (non-hydrogen) atoms. The van der Waals surface area contributed by atoms with E-state index < -0.39 is 12.7 Å². The van der Waals surface area contributed by atoms with Crippen LogP contribution in [0.25, 0.3) is 0 Å². The lowest BCUT2D eigenvalue weighted by molar-refractivity contribution is 0.337. The summed E-state index contributed by atoms with van der Waals surface area (Å²) in [5, 5.41) is 9.58. The third-order valence-corrected chi connectivity index (χ3v) is 2.10. The number of benzene rings is 1. The first kappa shape index (κ1) is 11.6. The number of hydrogen-bond donors (Lipinski definition) is 2. The Kier molecular flexibility index (Phi) is 3.74. The number of phenolic OH excluding ortho intramolecular Hbond substituents is 1. The van der Waals surface area contributed by atoms with Crippen LogP contribution in [0, 0.1) is 0 Å². The van der Waals surface area contributed by atoms with Gasteiger partial charge in [-0.1, -0.05) is 0 Å². The van der Waals surface area contributed by atoms with Crippen molar-refractivity contribution in [3.63, 3.8) is 0 Å². The molecule has 0 radical (unpaired) electrons. The highest BCUT2D eigenvalue weighted by Gasteiger charge is 2.14. The average molecular weight is 215 g/mol. The Morgan fingerprint density at radius 2 is 1.80 bits per heavy atom. The predicted molar refractivity (Wildman–Crippen MR) is 54.1 cm³/mol. The number of alkyl halides is 1. The summed E-state index contributed by atoms with van der Waals surface area (Å²) in [7, 11) is 2.80. The Morgan fingerprint density at radius 1 is 1.33 bits per heavy atom. The zero-order valence-corrected chi connectivity index (χ0v) is 8.66. The van der Waals surface area contributed by atoms with Gasteiger partial charge < -0.3 is 20.3 Å². The van der Waals surface area contributed by atoms with Gasteiger partial charge in [-0.2, -0.15) is 0 Å². The van der Waals surface area contributed by atoms with E-state index >= 15 is 0 Å². The molecule has 0 aliphatic carbocycles. The van der Waals surface area contributed by atoms with Gasteiger partial charge in [0.2, 0.25) is 5.75 Å². The molecule has 0 spiro atoms. The van der Waals surface area contributed by atoms with Crippen LogP contribution in [0.3, 0.4) is 0 Å². The van der Waals surface area contributed by atoms with Crippen molar-refractivity contribution >= 4 is 0 Å². The molecule has 0 aliphatic rings. The van der Waals surface area contributed by atoms with Crippen LogP contribution in [0.5, 0.6) is 17.2 Å². The van der Waals surface area contributed by atoms with Gasteiger partial charge in [0.25, 0.3) is 0 Å². The number of hydrogen-bond acceptors (Lipinski definition) is 4. The van der Waals surface area contributed by atoms with Gasteiger partial charge in [0.15, 0.2) is 11.5 Å². The van der Waals surface area contributed by atoms with E-state index in [9.17, 15) is 9.50 Å².